The summed E-state index contributed by atoms with van der Waals surface area (Å²) in [5.74, 6) is 1.85. The van der Waals surface area contributed by atoms with Gasteiger partial charge in [-0.05, 0) is 44.6 Å². The van der Waals surface area contributed by atoms with Gasteiger partial charge in [-0.1, -0.05) is 13.8 Å². The molecule has 2 rings (SSSR count). The molecule has 0 spiro atoms. The maximum absolute atomic E-state index is 3.74. The van der Waals surface area contributed by atoms with E-state index in [1.165, 1.54) is 51.9 Å². The van der Waals surface area contributed by atoms with E-state index < -0.39 is 0 Å². The van der Waals surface area contributed by atoms with Gasteiger partial charge < -0.3 is 4.90 Å². The van der Waals surface area contributed by atoms with Crippen molar-refractivity contribution in [2.45, 2.75) is 45.6 Å². The van der Waals surface area contributed by atoms with E-state index in [9.17, 15) is 0 Å². The number of nitrogens with one attached hydrogen (secondary N) is 1. The monoisotopic (exact) mass is 239 g/mol. The molecule has 0 aromatic heterocycles. The fourth-order valence-electron chi connectivity index (χ4n) is 3.11. The minimum absolute atomic E-state index is 0.744. The quantitative estimate of drug-likeness (QED) is 0.812. The maximum Gasteiger partial charge on any atom is 0.0259 e. The molecular formula is C14H29N3. The van der Waals surface area contributed by atoms with Gasteiger partial charge in [-0.25, -0.2) is 5.01 Å². The van der Waals surface area contributed by atoms with Crippen LogP contribution in [0.5, 0.6) is 0 Å². The summed E-state index contributed by atoms with van der Waals surface area (Å²) in [6.45, 7) is 9.52. The van der Waals surface area contributed by atoms with Crippen LogP contribution in [-0.2, 0) is 0 Å². The molecule has 1 aliphatic heterocycles. The summed E-state index contributed by atoms with van der Waals surface area (Å²) in [5, 5.41) is 2.44. The van der Waals surface area contributed by atoms with Crippen LogP contribution in [0.1, 0.15) is 39.5 Å². The second-order valence-electron chi connectivity index (χ2n) is 6.28. The van der Waals surface area contributed by atoms with Crippen molar-refractivity contribution in [1.29, 1.82) is 0 Å². The minimum atomic E-state index is 0.744. The van der Waals surface area contributed by atoms with Gasteiger partial charge in [-0.3, -0.25) is 5.43 Å². The summed E-state index contributed by atoms with van der Waals surface area (Å²) >= 11 is 0. The smallest absolute Gasteiger partial charge is 0.0259 e. The topological polar surface area (TPSA) is 18.5 Å². The fourth-order valence-corrected chi connectivity index (χ4v) is 3.11. The first-order valence-electron chi connectivity index (χ1n) is 7.35. The van der Waals surface area contributed by atoms with Crippen molar-refractivity contribution < 1.29 is 0 Å². The molecule has 0 unspecified atom stereocenters. The Morgan fingerprint density at radius 3 is 2.06 bits per heavy atom. The third-order valence-electron chi connectivity index (χ3n) is 4.58. The zero-order chi connectivity index (χ0) is 12.3. The van der Waals surface area contributed by atoms with E-state index in [1.807, 2.05) is 0 Å². The molecule has 1 saturated carbocycles. The van der Waals surface area contributed by atoms with E-state index in [4.69, 9.17) is 0 Å². The van der Waals surface area contributed by atoms with Gasteiger partial charge in [0, 0.05) is 32.2 Å². The van der Waals surface area contributed by atoms with Gasteiger partial charge in [0.05, 0.1) is 0 Å². The number of hydrogen-bond acceptors (Lipinski definition) is 3. The summed E-state index contributed by atoms with van der Waals surface area (Å²) < 4.78 is 0. The van der Waals surface area contributed by atoms with Crippen LogP contribution in [0.25, 0.3) is 0 Å². The van der Waals surface area contributed by atoms with Crippen molar-refractivity contribution in [3.63, 3.8) is 0 Å². The fraction of sp³-hybridized carbons (Fsp3) is 1.00. The van der Waals surface area contributed by atoms with Crippen LogP contribution in [0.4, 0.5) is 0 Å². The third-order valence-corrected chi connectivity index (χ3v) is 4.58. The van der Waals surface area contributed by atoms with E-state index in [0.717, 1.165) is 17.9 Å². The lowest BCUT2D eigenvalue weighted by molar-refractivity contribution is 0.0707. The molecule has 17 heavy (non-hydrogen) atoms. The van der Waals surface area contributed by atoms with Crippen LogP contribution in [0.3, 0.4) is 0 Å². The lowest BCUT2D eigenvalue weighted by atomic mass is 9.80. The molecule has 3 heteroatoms. The minimum Gasteiger partial charge on any atom is -0.304 e. The summed E-state index contributed by atoms with van der Waals surface area (Å²) in [7, 11) is 2.21. The zero-order valence-electron chi connectivity index (χ0n) is 11.8. The average molecular weight is 239 g/mol. The highest BCUT2D eigenvalue weighted by Gasteiger charge is 2.25. The molecule has 0 atom stereocenters. The number of rotatable bonds is 3. The first-order chi connectivity index (χ1) is 8.15. The second kappa shape index (κ2) is 6.17. The van der Waals surface area contributed by atoms with Crippen LogP contribution < -0.4 is 5.43 Å². The van der Waals surface area contributed by atoms with Crippen molar-refractivity contribution in [2.24, 2.45) is 11.8 Å². The second-order valence-corrected chi connectivity index (χ2v) is 6.28. The van der Waals surface area contributed by atoms with Crippen molar-refractivity contribution in [3.05, 3.63) is 0 Å². The number of hydrazine groups is 1. The Kier molecular flexibility index (Phi) is 4.83. The summed E-state index contributed by atoms with van der Waals surface area (Å²) in [5.41, 5.74) is 3.74. The standard InChI is InChI=1S/C14H29N3/c1-12(2)13-4-6-14(7-5-13)15-17-10-8-16(3)9-11-17/h12-15H,4-11H2,1-3H3. The molecular weight excluding hydrogens is 210 g/mol. The van der Waals surface area contributed by atoms with Crippen LogP contribution in [0, 0.1) is 11.8 Å². The molecule has 1 aliphatic carbocycles. The lowest BCUT2D eigenvalue weighted by Gasteiger charge is -2.38. The van der Waals surface area contributed by atoms with E-state index in [2.05, 4.69) is 36.2 Å². The first kappa shape index (κ1) is 13.3. The molecule has 1 N–H and O–H groups in total. The van der Waals surface area contributed by atoms with Crippen LogP contribution >= 0.6 is 0 Å². The van der Waals surface area contributed by atoms with E-state index in [1.54, 1.807) is 0 Å². The van der Waals surface area contributed by atoms with Gasteiger partial charge >= 0.3 is 0 Å². The number of piperazine rings is 1. The van der Waals surface area contributed by atoms with Gasteiger partial charge in [-0.2, -0.15) is 0 Å². The zero-order valence-corrected chi connectivity index (χ0v) is 11.8. The van der Waals surface area contributed by atoms with E-state index in [-0.39, 0.29) is 0 Å². The van der Waals surface area contributed by atoms with Gasteiger partial charge in [-0.15, -0.1) is 0 Å². The van der Waals surface area contributed by atoms with E-state index >= 15 is 0 Å². The normalized spacial score (nSPS) is 33.2. The molecule has 0 aromatic carbocycles. The number of nitrogens with zero attached hydrogens (tertiary/aromatic N) is 2. The molecule has 0 aromatic rings. The Bertz CT molecular complexity index is 214. The Balaban J connectivity index is 1.67. The molecule has 1 heterocycles. The first-order valence-corrected chi connectivity index (χ1v) is 7.35. The number of hydrogen-bond donors (Lipinski definition) is 1. The van der Waals surface area contributed by atoms with Gasteiger partial charge in [0.2, 0.25) is 0 Å². The van der Waals surface area contributed by atoms with Crippen molar-refractivity contribution in [1.82, 2.24) is 15.3 Å². The summed E-state index contributed by atoms with van der Waals surface area (Å²) in [6, 6.07) is 0.744. The van der Waals surface area contributed by atoms with Gasteiger partial charge in [0.1, 0.15) is 0 Å². The third kappa shape index (κ3) is 3.94. The highest BCUT2D eigenvalue weighted by atomic mass is 15.5. The van der Waals surface area contributed by atoms with Crippen molar-refractivity contribution in [3.8, 4) is 0 Å². The highest BCUT2D eigenvalue weighted by Crippen LogP contribution is 2.29. The Hall–Kier alpha value is -0.120. The highest BCUT2D eigenvalue weighted by molar-refractivity contribution is 4.79. The van der Waals surface area contributed by atoms with Crippen LogP contribution in [0.15, 0.2) is 0 Å². The molecule has 0 radical (unpaired) electrons. The molecule has 0 amide bonds. The predicted molar refractivity (Wildman–Crippen MR) is 72.8 cm³/mol. The number of likely N-dealkylation sites (N-methyl/N-ethyl adjacent to an activating group) is 1. The predicted octanol–water partition coefficient (Wildman–Crippen LogP) is 1.95. The van der Waals surface area contributed by atoms with E-state index in [0.29, 0.717) is 0 Å². The molecule has 3 nitrogen and oxygen atoms in total. The van der Waals surface area contributed by atoms with Gasteiger partial charge in [0.15, 0.2) is 0 Å². The average Bonchev–Trinajstić information content (AvgIpc) is 2.33. The summed E-state index contributed by atoms with van der Waals surface area (Å²) in [6.07, 6.45) is 5.58. The van der Waals surface area contributed by atoms with Gasteiger partial charge in [0.25, 0.3) is 0 Å². The molecule has 2 fully saturated rings. The SMILES string of the molecule is CC(C)C1CCC(NN2CCN(C)CC2)CC1. The molecule has 2 aliphatic rings. The Labute approximate surface area is 107 Å². The van der Waals surface area contributed by atoms with Crippen LogP contribution in [-0.4, -0.2) is 49.2 Å². The Morgan fingerprint density at radius 1 is 0.941 bits per heavy atom. The van der Waals surface area contributed by atoms with Crippen molar-refractivity contribution in [2.75, 3.05) is 33.2 Å². The Morgan fingerprint density at radius 2 is 1.53 bits per heavy atom. The maximum atomic E-state index is 3.74. The lowest BCUT2D eigenvalue weighted by Crippen LogP contribution is -2.54. The van der Waals surface area contributed by atoms with Crippen LogP contribution in [0.2, 0.25) is 0 Å². The summed E-state index contributed by atoms with van der Waals surface area (Å²) in [4.78, 5) is 2.41. The molecule has 100 valence electrons. The molecule has 1 saturated heterocycles. The molecule has 0 bridgehead atoms. The largest absolute Gasteiger partial charge is 0.304 e. The van der Waals surface area contributed by atoms with Crippen molar-refractivity contribution >= 4 is 0 Å².